The van der Waals surface area contributed by atoms with Gasteiger partial charge in [0, 0.05) is 5.56 Å². The summed E-state index contributed by atoms with van der Waals surface area (Å²) in [5, 5.41) is 9.35. The second-order valence-electron chi connectivity index (χ2n) is 4.56. The van der Waals surface area contributed by atoms with E-state index < -0.39 is 17.2 Å². The molecule has 9 nitrogen and oxygen atoms in total. The van der Waals surface area contributed by atoms with Crippen molar-refractivity contribution in [1.29, 1.82) is 0 Å². The number of nitrogens with zero attached hydrogens (tertiary/aromatic N) is 2. The Hall–Kier alpha value is -2.75. The van der Waals surface area contributed by atoms with Crippen molar-refractivity contribution in [2.24, 2.45) is 5.73 Å². The van der Waals surface area contributed by atoms with E-state index in [1.807, 2.05) is 5.32 Å². The molecule has 0 saturated carbocycles. The molecule has 1 aromatic carbocycles. The van der Waals surface area contributed by atoms with E-state index in [0.29, 0.717) is 17.1 Å². The van der Waals surface area contributed by atoms with Crippen molar-refractivity contribution in [1.82, 2.24) is 15.5 Å². The molecule has 2 aromatic rings. The van der Waals surface area contributed by atoms with E-state index in [0.717, 1.165) is 11.8 Å². The molecule has 3 amide bonds. The quantitative estimate of drug-likeness (QED) is 0.747. The number of thioether (sulfide) groups is 1. The minimum absolute atomic E-state index is 0.187. The summed E-state index contributed by atoms with van der Waals surface area (Å²) < 4.78 is 15.9. The molecule has 0 fully saturated rings. The number of benzene rings is 1. The highest BCUT2D eigenvalue weighted by molar-refractivity contribution is 8.00. The number of urea groups is 1. The van der Waals surface area contributed by atoms with Gasteiger partial charge in [0.2, 0.25) is 11.8 Å². The van der Waals surface area contributed by atoms with E-state index in [4.69, 9.17) is 19.6 Å². The van der Waals surface area contributed by atoms with E-state index >= 15 is 0 Å². The number of ether oxygens (including phenoxy) is 2. The van der Waals surface area contributed by atoms with Crippen molar-refractivity contribution >= 4 is 23.7 Å². The summed E-state index contributed by atoms with van der Waals surface area (Å²) in [6.45, 7) is 1.59. The number of carbonyl (C=O) groups excluding carboxylic acids is 2. The van der Waals surface area contributed by atoms with E-state index in [-0.39, 0.29) is 11.1 Å². The largest absolute Gasteiger partial charge is 0.493 e. The maximum atomic E-state index is 11.6. The number of methoxy groups -OCH3 is 2. The van der Waals surface area contributed by atoms with Gasteiger partial charge < -0.3 is 19.6 Å². The lowest BCUT2D eigenvalue weighted by Crippen LogP contribution is -2.39. The third kappa shape index (κ3) is 4.16. The van der Waals surface area contributed by atoms with Crippen molar-refractivity contribution in [2.75, 3.05) is 14.2 Å². The fourth-order valence-corrected chi connectivity index (χ4v) is 2.45. The van der Waals surface area contributed by atoms with E-state index in [1.54, 1.807) is 25.1 Å². The summed E-state index contributed by atoms with van der Waals surface area (Å²) in [7, 11) is 3.06. The average molecular weight is 352 g/mol. The van der Waals surface area contributed by atoms with Crippen LogP contribution in [0.25, 0.3) is 11.5 Å². The molecular weight excluding hydrogens is 336 g/mol. The molecule has 1 aromatic heterocycles. The average Bonchev–Trinajstić information content (AvgIpc) is 3.01. The lowest BCUT2D eigenvalue weighted by molar-refractivity contribution is -0.119. The molecule has 0 aliphatic rings. The minimum atomic E-state index is -0.913. The SMILES string of the molecule is COc1ccc(-c2nnc(SC(C)C(=O)NC(N)=O)o2)cc1OC. The Morgan fingerprint density at radius 2 is 1.96 bits per heavy atom. The molecule has 128 valence electrons. The molecule has 1 atom stereocenters. The number of primary amides is 1. The molecule has 2 rings (SSSR count). The van der Waals surface area contributed by atoms with Crippen LogP contribution < -0.4 is 20.5 Å². The summed E-state index contributed by atoms with van der Waals surface area (Å²) in [4.78, 5) is 22.3. The zero-order valence-electron chi connectivity index (χ0n) is 13.2. The first-order valence-corrected chi connectivity index (χ1v) is 7.65. The summed E-state index contributed by atoms with van der Waals surface area (Å²) in [6.07, 6.45) is 0. The summed E-state index contributed by atoms with van der Waals surface area (Å²) in [5.41, 5.74) is 5.54. The monoisotopic (exact) mass is 352 g/mol. The van der Waals surface area contributed by atoms with Crippen molar-refractivity contribution in [3.05, 3.63) is 18.2 Å². The Bertz CT molecular complexity index is 749. The highest BCUT2D eigenvalue weighted by Gasteiger charge is 2.20. The van der Waals surface area contributed by atoms with Crippen LogP contribution in [0.3, 0.4) is 0 Å². The van der Waals surface area contributed by atoms with Gasteiger partial charge in [-0.2, -0.15) is 0 Å². The highest BCUT2D eigenvalue weighted by Crippen LogP contribution is 2.33. The first kappa shape index (κ1) is 17.6. The van der Waals surface area contributed by atoms with Gasteiger partial charge in [0.05, 0.1) is 19.5 Å². The van der Waals surface area contributed by atoms with Gasteiger partial charge in [-0.05, 0) is 25.1 Å². The van der Waals surface area contributed by atoms with Crippen LogP contribution in [-0.4, -0.2) is 41.6 Å². The molecule has 24 heavy (non-hydrogen) atoms. The zero-order chi connectivity index (χ0) is 17.7. The van der Waals surface area contributed by atoms with Gasteiger partial charge in [-0.15, -0.1) is 10.2 Å². The number of carbonyl (C=O) groups is 2. The van der Waals surface area contributed by atoms with E-state index in [1.165, 1.54) is 14.2 Å². The van der Waals surface area contributed by atoms with E-state index in [2.05, 4.69) is 10.2 Å². The Balaban J connectivity index is 2.13. The topological polar surface area (TPSA) is 130 Å². The number of aromatic nitrogens is 2. The summed E-state index contributed by atoms with van der Waals surface area (Å²) in [5.74, 6) is 0.822. The van der Waals surface area contributed by atoms with Crippen LogP contribution in [-0.2, 0) is 4.79 Å². The van der Waals surface area contributed by atoms with Gasteiger partial charge in [0.15, 0.2) is 11.5 Å². The molecule has 0 aliphatic heterocycles. The highest BCUT2D eigenvalue weighted by atomic mass is 32.2. The van der Waals surface area contributed by atoms with Gasteiger partial charge in [0.1, 0.15) is 0 Å². The molecule has 1 unspecified atom stereocenters. The van der Waals surface area contributed by atoms with Crippen LogP contribution in [0.4, 0.5) is 4.79 Å². The Morgan fingerprint density at radius 3 is 2.58 bits per heavy atom. The maximum Gasteiger partial charge on any atom is 0.318 e. The number of rotatable bonds is 6. The first-order chi connectivity index (χ1) is 11.4. The second kappa shape index (κ2) is 7.68. The molecular formula is C14H16N4O5S. The lowest BCUT2D eigenvalue weighted by Gasteiger charge is -2.07. The first-order valence-electron chi connectivity index (χ1n) is 6.77. The predicted molar refractivity (Wildman–Crippen MR) is 85.9 cm³/mol. The minimum Gasteiger partial charge on any atom is -0.493 e. The summed E-state index contributed by atoms with van der Waals surface area (Å²) in [6, 6.07) is 4.24. The third-order valence-corrected chi connectivity index (χ3v) is 3.86. The fraction of sp³-hybridized carbons (Fsp3) is 0.286. The molecule has 0 aliphatic carbocycles. The van der Waals surface area contributed by atoms with Crippen LogP contribution in [0.1, 0.15) is 6.92 Å². The predicted octanol–water partition coefficient (Wildman–Crippen LogP) is 1.43. The van der Waals surface area contributed by atoms with Crippen molar-refractivity contribution < 1.29 is 23.5 Å². The van der Waals surface area contributed by atoms with E-state index in [9.17, 15) is 9.59 Å². The van der Waals surface area contributed by atoms with Crippen molar-refractivity contribution in [3.63, 3.8) is 0 Å². The normalized spacial score (nSPS) is 11.6. The molecule has 0 bridgehead atoms. The van der Waals surface area contributed by atoms with Gasteiger partial charge in [-0.25, -0.2) is 4.79 Å². The molecule has 1 heterocycles. The second-order valence-corrected chi connectivity index (χ2v) is 5.85. The molecule has 10 heteroatoms. The number of imide groups is 1. The fourth-order valence-electron chi connectivity index (χ4n) is 1.77. The molecule has 0 spiro atoms. The third-order valence-electron chi connectivity index (χ3n) is 2.93. The summed E-state index contributed by atoms with van der Waals surface area (Å²) >= 11 is 1.01. The van der Waals surface area contributed by atoms with Gasteiger partial charge in [-0.3, -0.25) is 10.1 Å². The molecule has 0 radical (unpaired) electrons. The van der Waals surface area contributed by atoms with Crippen molar-refractivity contribution in [2.45, 2.75) is 17.4 Å². The Morgan fingerprint density at radius 1 is 1.25 bits per heavy atom. The smallest absolute Gasteiger partial charge is 0.318 e. The van der Waals surface area contributed by atoms with Crippen LogP contribution in [0, 0.1) is 0 Å². The maximum absolute atomic E-state index is 11.6. The number of nitrogens with two attached hydrogens (primary N) is 1. The molecule has 3 N–H and O–H groups in total. The van der Waals surface area contributed by atoms with Gasteiger partial charge >= 0.3 is 6.03 Å². The Labute approximate surface area is 141 Å². The van der Waals surface area contributed by atoms with Crippen LogP contribution in [0.2, 0.25) is 0 Å². The standard InChI is InChI=1S/C14H16N4O5S/c1-7(11(19)16-13(15)20)24-14-18-17-12(23-14)8-4-5-9(21-2)10(6-8)22-3/h4-7H,1-3H3,(H3,15,16,19,20). The van der Waals surface area contributed by atoms with Crippen LogP contribution in [0.5, 0.6) is 11.5 Å². The van der Waals surface area contributed by atoms with Crippen molar-refractivity contribution in [3.8, 4) is 23.0 Å². The zero-order valence-corrected chi connectivity index (χ0v) is 14.0. The van der Waals surface area contributed by atoms with Gasteiger partial charge in [-0.1, -0.05) is 11.8 Å². The van der Waals surface area contributed by atoms with Gasteiger partial charge in [0.25, 0.3) is 5.22 Å². The number of hydrogen-bond acceptors (Lipinski definition) is 8. The lowest BCUT2D eigenvalue weighted by atomic mass is 10.2. The van der Waals surface area contributed by atoms with Crippen LogP contribution >= 0.6 is 11.8 Å². The van der Waals surface area contributed by atoms with Crippen LogP contribution in [0.15, 0.2) is 27.8 Å². The number of nitrogens with one attached hydrogen (secondary N) is 1. The number of hydrogen-bond donors (Lipinski definition) is 2. The Kier molecular flexibility index (Phi) is 5.64. The number of amides is 3. The molecule has 0 saturated heterocycles.